The molecule has 0 aromatic rings. The molecule has 212 valence electrons. The molecule has 1 spiro atoms. The summed E-state index contributed by atoms with van der Waals surface area (Å²) in [6, 6.07) is 0.192. The Bertz CT molecular complexity index is 1090. The molecular formula is C32H49NO5. The van der Waals surface area contributed by atoms with Crippen molar-refractivity contribution in [1.82, 2.24) is 0 Å². The van der Waals surface area contributed by atoms with E-state index in [2.05, 4.69) is 34.6 Å². The van der Waals surface area contributed by atoms with Crippen LogP contribution in [0.25, 0.3) is 0 Å². The molecule has 8 bridgehead atoms. The molecule has 5 aliphatic carbocycles. The molecule has 5 saturated carbocycles. The van der Waals surface area contributed by atoms with E-state index >= 15 is 0 Å². The number of nitrogens with zero attached hydrogens (tertiary/aromatic N) is 1. The molecule has 8 rings (SSSR count). The number of hydrogen-bond donors (Lipinski definition) is 1. The highest BCUT2D eigenvalue weighted by Gasteiger charge is 2.83. The van der Waals surface area contributed by atoms with Crippen molar-refractivity contribution in [3.05, 3.63) is 5.21 Å². The molecule has 3 aliphatic heterocycles. The average Bonchev–Trinajstić information content (AvgIpc) is 3.47. The van der Waals surface area contributed by atoms with Gasteiger partial charge in [0.25, 0.3) is 0 Å². The Labute approximate surface area is 228 Å². The highest BCUT2D eigenvalue weighted by Crippen LogP contribution is 2.80. The van der Waals surface area contributed by atoms with Gasteiger partial charge in [0.2, 0.25) is 0 Å². The van der Waals surface area contributed by atoms with Gasteiger partial charge in [-0.05, 0) is 88.4 Å². The van der Waals surface area contributed by atoms with E-state index < -0.39 is 17.3 Å². The van der Waals surface area contributed by atoms with Gasteiger partial charge in [-0.15, -0.1) is 0 Å². The summed E-state index contributed by atoms with van der Waals surface area (Å²) in [4.78, 5) is 12.1. The summed E-state index contributed by atoms with van der Waals surface area (Å²) < 4.78 is 13.8. The van der Waals surface area contributed by atoms with Crippen LogP contribution >= 0.6 is 0 Å². The molecule has 1 N–H and O–H groups in total. The molecule has 12 atom stereocenters. The molecule has 38 heavy (non-hydrogen) atoms. The second-order valence-electron chi connectivity index (χ2n) is 15.6. The molecule has 0 aromatic carbocycles. The smallest absolute Gasteiger partial charge is 0.302 e. The van der Waals surface area contributed by atoms with E-state index in [0.29, 0.717) is 23.7 Å². The van der Waals surface area contributed by atoms with Gasteiger partial charge in [-0.3, -0.25) is 4.79 Å². The van der Waals surface area contributed by atoms with Crippen LogP contribution in [-0.2, 0) is 14.3 Å². The number of hydroxylamine groups is 1. The predicted octanol–water partition coefficient (Wildman–Crippen LogP) is 5.82. The third-order valence-corrected chi connectivity index (χ3v) is 14.4. The molecule has 0 radical (unpaired) electrons. The molecule has 1 saturated heterocycles. The second-order valence-corrected chi connectivity index (χ2v) is 15.6. The number of carbonyl (C=O) groups excluding carboxylic acids is 1. The van der Waals surface area contributed by atoms with Crippen molar-refractivity contribution in [3.63, 3.8) is 0 Å². The minimum absolute atomic E-state index is 0.0696. The number of rotatable bonds is 5. The van der Waals surface area contributed by atoms with Crippen molar-refractivity contribution in [1.29, 1.82) is 0 Å². The minimum Gasteiger partial charge on any atom is -0.624 e. The quantitative estimate of drug-likeness (QED) is 0.277. The van der Waals surface area contributed by atoms with Crippen LogP contribution in [-0.4, -0.2) is 45.6 Å². The summed E-state index contributed by atoms with van der Waals surface area (Å²) in [6.07, 6.45) is 10.7. The SMILES string of the molecule is CC(=O)O[C@H]1CC[C@]2(C)O[C@@H](O)[C@@]1(C)[C@H]2CC[C@]12C3=[N+]([O-])[C@@H]4[C@@H](CC[C@@]45CCC[C@H]51)[C@]2(C)CC[C@@H]3C(C)C. The van der Waals surface area contributed by atoms with Crippen molar-refractivity contribution in [2.24, 2.45) is 51.2 Å². The Balaban J connectivity index is 1.34. The standard InChI is InChI=1S/C32H49NO5/c1-18(2)20-9-14-28(4)21-10-16-31-13-7-8-23(31)32(28,25(20)33(36)26(21)31)17-11-22-29(5)15-12-24(37-19(3)34)30(22,6)27(35)38-29/h18,20-24,26-27,35H,7-17H2,1-6H3/t20-,21-,22+,23-,24+,26-,27-,28+,29+,30+,31-,32-/m1/s1. The topological polar surface area (TPSA) is 81.8 Å². The zero-order valence-corrected chi connectivity index (χ0v) is 24.4. The Morgan fingerprint density at radius 3 is 2.61 bits per heavy atom. The summed E-state index contributed by atoms with van der Waals surface area (Å²) in [5, 5.41) is 25.8. The van der Waals surface area contributed by atoms with Gasteiger partial charge < -0.3 is 19.8 Å². The molecule has 0 aromatic heterocycles. The van der Waals surface area contributed by atoms with Crippen molar-refractivity contribution in [2.75, 3.05) is 0 Å². The number of aliphatic hydroxyl groups excluding tert-OH is 1. The third kappa shape index (κ3) is 2.69. The van der Waals surface area contributed by atoms with Gasteiger partial charge in [-0.25, -0.2) is 4.74 Å². The van der Waals surface area contributed by atoms with Crippen molar-refractivity contribution in [2.45, 2.75) is 136 Å². The van der Waals surface area contributed by atoms with Gasteiger partial charge in [0.05, 0.1) is 16.4 Å². The summed E-state index contributed by atoms with van der Waals surface area (Å²) in [5.41, 5.74) is 0.489. The van der Waals surface area contributed by atoms with Gasteiger partial charge in [-0.2, -0.15) is 0 Å². The molecule has 0 amide bonds. The molecule has 0 unspecified atom stereocenters. The van der Waals surface area contributed by atoms with Gasteiger partial charge in [-0.1, -0.05) is 34.1 Å². The number of hydrogen-bond acceptors (Lipinski definition) is 5. The fourth-order valence-electron chi connectivity index (χ4n) is 13.0. The number of fused-ring (bicyclic) bond motifs is 2. The van der Waals surface area contributed by atoms with Crippen LogP contribution in [0, 0.1) is 56.5 Å². The maximum Gasteiger partial charge on any atom is 0.302 e. The molecular weight excluding hydrogens is 478 g/mol. The first-order valence-electron chi connectivity index (χ1n) is 15.7. The number of esters is 1. The maximum atomic E-state index is 14.6. The first-order valence-corrected chi connectivity index (χ1v) is 15.7. The van der Waals surface area contributed by atoms with E-state index in [0.717, 1.165) is 32.1 Å². The predicted molar refractivity (Wildman–Crippen MR) is 144 cm³/mol. The fraction of sp³-hybridized carbons (Fsp3) is 0.938. The van der Waals surface area contributed by atoms with Crippen LogP contribution in [0.4, 0.5) is 0 Å². The summed E-state index contributed by atoms with van der Waals surface area (Å²) in [5.74, 6) is 1.72. The molecule has 8 aliphatic rings. The van der Waals surface area contributed by atoms with E-state index in [-0.39, 0.29) is 40.3 Å². The lowest BCUT2D eigenvalue weighted by molar-refractivity contribution is -0.572. The number of carbonyl (C=O) groups is 1. The van der Waals surface area contributed by atoms with Gasteiger partial charge in [0.15, 0.2) is 18.0 Å². The van der Waals surface area contributed by atoms with Crippen LogP contribution in [0.1, 0.15) is 112 Å². The van der Waals surface area contributed by atoms with Crippen LogP contribution < -0.4 is 0 Å². The van der Waals surface area contributed by atoms with Crippen molar-refractivity contribution in [3.8, 4) is 0 Å². The Morgan fingerprint density at radius 2 is 1.89 bits per heavy atom. The zero-order chi connectivity index (χ0) is 27.0. The minimum atomic E-state index is -0.944. The van der Waals surface area contributed by atoms with Crippen LogP contribution in [0.5, 0.6) is 0 Å². The van der Waals surface area contributed by atoms with Gasteiger partial charge in [0, 0.05) is 30.1 Å². The van der Waals surface area contributed by atoms with Crippen molar-refractivity contribution >= 4 is 11.7 Å². The molecule has 6 heteroatoms. The molecule has 6 fully saturated rings. The highest BCUT2D eigenvalue weighted by atomic mass is 16.6. The first-order chi connectivity index (χ1) is 17.9. The average molecular weight is 528 g/mol. The van der Waals surface area contributed by atoms with Crippen LogP contribution in [0.2, 0.25) is 0 Å². The summed E-state index contributed by atoms with van der Waals surface area (Å²) >= 11 is 0. The van der Waals surface area contributed by atoms with E-state index in [1.807, 2.05) is 0 Å². The van der Waals surface area contributed by atoms with Gasteiger partial charge >= 0.3 is 5.97 Å². The third-order valence-electron chi connectivity index (χ3n) is 14.4. The normalized spacial score (nSPS) is 56.1. The highest BCUT2D eigenvalue weighted by molar-refractivity contribution is 5.92. The van der Waals surface area contributed by atoms with E-state index in [9.17, 15) is 15.1 Å². The molecule has 3 heterocycles. The van der Waals surface area contributed by atoms with Crippen molar-refractivity contribution < 1.29 is 24.1 Å². The summed E-state index contributed by atoms with van der Waals surface area (Å²) in [6.45, 7) is 12.9. The monoisotopic (exact) mass is 527 g/mol. The Kier molecular flexibility index (Phi) is 5.28. The number of ether oxygens (including phenoxy) is 2. The Morgan fingerprint density at radius 1 is 1.13 bits per heavy atom. The van der Waals surface area contributed by atoms with Crippen LogP contribution in [0.15, 0.2) is 0 Å². The zero-order valence-electron chi connectivity index (χ0n) is 24.4. The van der Waals surface area contributed by atoms with E-state index in [1.54, 1.807) is 4.74 Å². The summed E-state index contributed by atoms with van der Waals surface area (Å²) in [7, 11) is 0. The fourth-order valence-corrected chi connectivity index (χ4v) is 13.0. The largest absolute Gasteiger partial charge is 0.624 e. The number of aliphatic hydroxyl groups is 1. The lowest BCUT2D eigenvalue weighted by Crippen LogP contribution is -2.75. The van der Waals surface area contributed by atoms with Crippen LogP contribution in [0.3, 0.4) is 0 Å². The van der Waals surface area contributed by atoms with E-state index in [4.69, 9.17) is 9.47 Å². The van der Waals surface area contributed by atoms with E-state index in [1.165, 1.54) is 51.2 Å². The first kappa shape index (κ1) is 25.8. The van der Waals surface area contributed by atoms with Gasteiger partial charge in [0.1, 0.15) is 6.10 Å². The maximum absolute atomic E-state index is 14.6. The Hall–Kier alpha value is -1.14. The molecule has 6 nitrogen and oxygen atoms in total. The lowest BCUT2D eigenvalue weighted by atomic mass is 9.35. The lowest BCUT2D eigenvalue weighted by Gasteiger charge is -2.69. The second kappa shape index (κ2) is 7.78.